The molecule has 0 saturated carbocycles. The predicted octanol–water partition coefficient (Wildman–Crippen LogP) is 3.17. The molecule has 0 atom stereocenters. The molecule has 25 heavy (non-hydrogen) atoms. The van der Waals surface area contributed by atoms with E-state index in [9.17, 15) is 4.79 Å². The number of anilines is 3. The minimum absolute atomic E-state index is 0.000896. The molecule has 126 valence electrons. The van der Waals surface area contributed by atoms with Gasteiger partial charge in [0.15, 0.2) is 5.82 Å². The van der Waals surface area contributed by atoms with Crippen LogP contribution in [-0.4, -0.2) is 25.7 Å². The van der Waals surface area contributed by atoms with Crippen molar-refractivity contribution in [3.8, 4) is 5.95 Å². The lowest BCUT2D eigenvalue weighted by atomic mass is 10.1. The number of hydrogen-bond acceptors (Lipinski definition) is 5. The number of aromatic nitrogens is 4. The first-order chi connectivity index (χ1) is 12.0. The van der Waals surface area contributed by atoms with E-state index in [1.165, 1.54) is 0 Å². The molecule has 1 amide bonds. The fourth-order valence-electron chi connectivity index (χ4n) is 2.82. The zero-order valence-corrected chi connectivity index (χ0v) is 14.4. The molecule has 1 aliphatic heterocycles. The van der Waals surface area contributed by atoms with Crippen LogP contribution >= 0.6 is 11.6 Å². The van der Waals surface area contributed by atoms with E-state index in [0.717, 1.165) is 28.3 Å². The van der Waals surface area contributed by atoms with Crippen molar-refractivity contribution in [2.24, 2.45) is 0 Å². The molecule has 0 saturated heterocycles. The highest BCUT2D eigenvalue weighted by Crippen LogP contribution is 2.29. The number of carbonyl (C=O) groups is 1. The van der Waals surface area contributed by atoms with E-state index >= 15 is 0 Å². The van der Waals surface area contributed by atoms with Gasteiger partial charge in [0.2, 0.25) is 5.91 Å². The standard InChI is InChI=1S/C17H15ClN6O/c1-9-5-10(2)24(23-9)17-19-8-13(18)16(22-17)20-12-3-4-14-11(6-12)7-15(25)21-14/h3-6,8H,7H2,1-2H3,(H,21,25)(H,19,20,22). The fraction of sp³-hybridized carbons (Fsp3) is 0.176. The van der Waals surface area contributed by atoms with Gasteiger partial charge in [0.1, 0.15) is 5.02 Å². The molecule has 3 heterocycles. The highest BCUT2D eigenvalue weighted by molar-refractivity contribution is 6.32. The van der Waals surface area contributed by atoms with Crippen molar-refractivity contribution in [2.45, 2.75) is 20.3 Å². The van der Waals surface area contributed by atoms with Gasteiger partial charge in [-0.05, 0) is 43.7 Å². The van der Waals surface area contributed by atoms with Gasteiger partial charge in [0.05, 0.1) is 18.3 Å². The zero-order valence-electron chi connectivity index (χ0n) is 13.7. The van der Waals surface area contributed by atoms with Crippen LogP contribution in [0.4, 0.5) is 17.2 Å². The number of fused-ring (bicyclic) bond motifs is 1. The van der Waals surface area contributed by atoms with Crippen molar-refractivity contribution in [3.63, 3.8) is 0 Å². The van der Waals surface area contributed by atoms with Crippen LogP contribution in [-0.2, 0) is 11.2 Å². The first kappa shape index (κ1) is 15.6. The Morgan fingerprint density at radius 1 is 1.28 bits per heavy atom. The van der Waals surface area contributed by atoms with E-state index < -0.39 is 0 Å². The monoisotopic (exact) mass is 354 g/mol. The number of nitrogens with zero attached hydrogens (tertiary/aromatic N) is 4. The Kier molecular flexibility index (Phi) is 3.65. The Hall–Kier alpha value is -2.93. The van der Waals surface area contributed by atoms with Gasteiger partial charge in [-0.3, -0.25) is 4.79 Å². The minimum Gasteiger partial charge on any atom is -0.339 e. The lowest BCUT2D eigenvalue weighted by molar-refractivity contribution is -0.115. The maximum Gasteiger partial charge on any atom is 0.252 e. The summed E-state index contributed by atoms with van der Waals surface area (Å²) in [6, 6.07) is 7.59. The number of halogens is 1. The summed E-state index contributed by atoms with van der Waals surface area (Å²) in [4.78, 5) is 20.2. The van der Waals surface area contributed by atoms with Crippen LogP contribution < -0.4 is 10.6 Å². The molecule has 0 bridgehead atoms. The third-order valence-electron chi connectivity index (χ3n) is 3.92. The molecule has 4 rings (SSSR count). The fourth-order valence-corrected chi connectivity index (χ4v) is 2.96. The second-order valence-corrected chi connectivity index (χ2v) is 6.33. The van der Waals surface area contributed by atoms with Crippen molar-refractivity contribution >= 4 is 34.7 Å². The Morgan fingerprint density at radius 2 is 2.12 bits per heavy atom. The summed E-state index contributed by atoms with van der Waals surface area (Å²) in [6.07, 6.45) is 1.92. The normalized spacial score (nSPS) is 12.8. The van der Waals surface area contributed by atoms with Gasteiger partial charge in [0, 0.05) is 17.1 Å². The molecule has 1 aromatic carbocycles. The van der Waals surface area contributed by atoms with Crippen LogP contribution in [0.5, 0.6) is 0 Å². The zero-order chi connectivity index (χ0) is 17.6. The molecule has 3 aromatic rings. The smallest absolute Gasteiger partial charge is 0.252 e. The van der Waals surface area contributed by atoms with E-state index in [-0.39, 0.29) is 5.91 Å². The second-order valence-electron chi connectivity index (χ2n) is 5.93. The molecular weight excluding hydrogens is 340 g/mol. The summed E-state index contributed by atoms with van der Waals surface area (Å²) in [5.41, 5.74) is 4.41. The average Bonchev–Trinajstić information content (AvgIpc) is 3.10. The topological polar surface area (TPSA) is 84.7 Å². The maximum absolute atomic E-state index is 11.5. The summed E-state index contributed by atoms with van der Waals surface area (Å²) >= 11 is 6.24. The number of hydrogen-bond donors (Lipinski definition) is 2. The van der Waals surface area contributed by atoms with Gasteiger partial charge in [-0.15, -0.1) is 0 Å². The lowest BCUT2D eigenvalue weighted by Gasteiger charge is -2.10. The molecule has 0 aliphatic carbocycles. The molecule has 0 radical (unpaired) electrons. The molecule has 2 N–H and O–H groups in total. The average molecular weight is 355 g/mol. The Morgan fingerprint density at radius 3 is 2.88 bits per heavy atom. The minimum atomic E-state index is -0.000896. The Balaban J connectivity index is 1.67. The molecule has 8 heteroatoms. The molecule has 0 fully saturated rings. The molecule has 1 aliphatic rings. The Labute approximate surface area is 149 Å². The van der Waals surface area contributed by atoms with Crippen molar-refractivity contribution in [1.82, 2.24) is 19.7 Å². The summed E-state index contributed by atoms with van der Waals surface area (Å²) < 4.78 is 1.67. The third-order valence-corrected chi connectivity index (χ3v) is 4.20. The molecular formula is C17H15ClN6O. The summed E-state index contributed by atoms with van der Waals surface area (Å²) in [5.74, 6) is 0.922. The molecule has 7 nitrogen and oxygen atoms in total. The molecule has 0 spiro atoms. The lowest BCUT2D eigenvalue weighted by Crippen LogP contribution is -2.07. The van der Waals surface area contributed by atoms with Crippen LogP contribution in [0.2, 0.25) is 5.02 Å². The largest absolute Gasteiger partial charge is 0.339 e. The van der Waals surface area contributed by atoms with E-state index in [1.807, 2.05) is 38.1 Å². The third kappa shape index (κ3) is 2.94. The molecule has 0 unspecified atom stereocenters. The first-order valence-electron chi connectivity index (χ1n) is 7.75. The summed E-state index contributed by atoms with van der Waals surface area (Å²) in [5, 5.41) is 10.8. The number of aryl methyl sites for hydroxylation is 2. The SMILES string of the molecule is Cc1cc(C)n(-c2ncc(Cl)c(Nc3ccc4c(c3)CC(=O)N4)n2)n1. The predicted molar refractivity (Wildman–Crippen MR) is 95.7 cm³/mol. The van der Waals surface area contributed by atoms with Crippen molar-refractivity contribution in [3.05, 3.63) is 52.4 Å². The number of rotatable bonds is 3. The van der Waals surface area contributed by atoms with Crippen LogP contribution in [0.1, 0.15) is 17.0 Å². The van der Waals surface area contributed by atoms with Gasteiger partial charge >= 0.3 is 0 Å². The highest BCUT2D eigenvalue weighted by atomic mass is 35.5. The van der Waals surface area contributed by atoms with Gasteiger partial charge < -0.3 is 10.6 Å². The van der Waals surface area contributed by atoms with E-state index in [1.54, 1.807) is 10.9 Å². The van der Waals surface area contributed by atoms with Crippen molar-refractivity contribution in [1.29, 1.82) is 0 Å². The van der Waals surface area contributed by atoms with E-state index in [2.05, 4.69) is 25.7 Å². The number of carbonyl (C=O) groups excluding carboxylic acids is 1. The Bertz CT molecular complexity index is 997. The van der Waals surface area contributed by atoms with Gasteiger partial charge in [-0.1, -0.05) is 11.6 Å². The van der Waals surface area contributed by atoms with Crippen LogP contribution in [0.25, 0.3) is 5.95 Å². The van der Waals surface area contributed by atoms with Gasteiger partial charge in [0.25, 0.3) is 5.95 Å². The summed E-state index contributed by atoms with van der Waals surface area (Å²) in [6.45, 7) is 3.86. The number of benzene rings is 1. The van der Waals surface area contributed by atoms with Crippen LogP contribution in [0.15, 0.2) is 30.5 Å². The first-order valence-corrected chi connectivity index (χ1v) is 8.13. The van der Waals surface area contributed by atoms with E-state index in [4.69, 9.17) is 11.6 Å². The second kappa shape index (κ2) is 5.86. The van der Waals surface area contributed by atoms with Crippen molar-refractivity contribution in [2.75, 3.05) is 10.6 Å². The maximum atomic E-state index is 11.5. The quantitative estimate of drug-likeness (QED) is 0.754. The van der Waals surface area contributed by atoms with Gasteiger partial charge in [-0.2, -0.15) is 10.1 Å². The van der Waals surface area contributed by atoms with Crippen molar-refractivity contribution < 1.29 is 4.79 Å². The van der Waals surface area contributed by atoms with Gasteiger partial charge in [-0.25, -0.2) is 9.67 Å². The number of nitrogens with one attached hydrogen (secondary N) is 2. The van der Waals surface area contributed by atoms with E-state index in [0.29, 0.717) is 23.2 Å². The highest BCUT2D eigenvalue weighted by Gasteiger charge is 2.18. The summed E-state index contributed by atoms with van der Waals surface area (Å²) in [7, 11) is 0. The molecule has 2 aromatic heterocycles. The van der Waals surface area contributed by atoms with Crippen LogP contribution in [0.3, 0.4) is 0 Å². The van der Waals surface area contributed by atoms with Crippen LogP contribution in [0, 0.1) is 13.8 Å². The number of amides is 1.